The van der Waals surface area contributed by atoms with Crippen LogP contribution in [0.4, 0.5) is 0 Å². The van der Waals surface area contributed by atoms with Crippen molar-refractivity contribution in [2.75, 3.05) is 6.54 Å². The molecular weight excluding hydrogens is 190 g/mol. The maximum absolute atomic E-state index is 11.4. The van der Waals surface area contributed by atoms with Gasteiger partial charge in [0.05, 0.1) is 0 Å². The van der Waals surface area contributed by atoms with Gasteiger partial charge in [0, 0.05) is 0 Å². The Balaban J connectivity index is 1.94. The fraction of sp³-hybridized carbons (Fsp3) is 0.917. The Kier molecular flexibility index (Phi) is 3.01. The highest BCUT2D eigenvalue weighted by atomic mass is 16.4. The molecule has 86 valence electrons. The number of carbonyl (C=O) groups is 1. The first kappa shape index (κ1) is 10.9. The van der Waals surface area contributed by atoms with Gasteiger partial charge in [-0.1, -0.05) is 13.3 Å². The summed E-state index contributed by atoms with van der Waals surface area (Å²) in [7, 11) is 0. The third-order valence-corrected chi connectivity index (χ3v) is 4.03. The number of hydrogen-bond acceptors (Lipinski definition) is 2. The average molecular weight is 211 g/mol. The lowest BCUT2D eigenvalue weighted by molar-refractivity contribution is -0.144. The molecule has 2 fully saturated rings. The number of hydrogen-bond donors (Lipinski definition) is 2. The molecule has 0 aromatic carbocycles. The van der Waals surface area contributed by atoms with Gasteiger partial charge in [0.25, 0.3) is 0 Å². The first-order valence-electron chi connectivity index (χ1n) is 6.14. The maximum atomic E-state index is 11.4. The minimum absolute atomic E-state index is 0.594. The second kappa shape index (κ2) is 4.12. The summed E-state index contributed by atoms with van der Waals surface area (Å²) in [6.45, 7) is 3.06. The van der Waals surface area contributed by atoms with Crippen LogP contribution in [0.25, 0.3) is 0 Å². The van der Waals surface area contributed by atoms with Crippen molar-refractivity contribution in [1.29, 1.82) is 0 Å². The summed E-state index contributed by atoms with van der Waals surface area (Å²) in [6, 6.07) is 0. The summed E-state index contributed by atoms with van der Waals surface area (Å²) in [4.78, 5) is 11.4. The van der Waals surface area contributed by atoms with E-state index in [4.69, 9.17) is 0 Å². The molecule has 2 saturated carbocycles. The van der Waals surface area contributed by atoms with Crippen LogP contribution >= 0.6 is 0 Å². The zero-order chi connectivity index (χ0) is 10.9. The highest BCUT2D eigenvalue weighted by molar-refractivity contribution is 5.79. The van der Waals surface area contributed by atoms with Crippen LogP contribution in [0.1, 0.15) is 45.4 Å². The van der Waals surface area contributed by atoms with Crippen molar-refractivity contribution in [3.63, 3.8) is 0 Å². The van der Waals surface area contributed by atoms with Gasteiger partial charge < -0.3 is 10.4 Å². The van der Waals surface area contributed by atoms with Crippen molar-refractivity contribution in [3.8, 4) is 0 Å². The van der Waals surface area contributed by atoms with Gasteiger partial charge in [0.2, 0.25) is 0 Å². The van der Waals surface area contributed by atoms with Gasteiger partial charge in [-0.2, -0.15) is 0 Å². The van der Waals surface area contributed by atoms with E-state index in [0.29, 0.717) is 5.92 Å². The van der Waals surface area contributed by atoms with E-state index in [1.54, 1.807) is 0 Å². The van der Waals surface area contributed by atoms with Gasteiger partial charge in [-0.15, -0.1) is 0 Å². The van der Waals surface area contributed by atoms with E-state index in [-0.39, 0.29) is 0 Å². The predicted molar refractivity (Wildman–Crippen MR) is 58.7 cm³/mol. The van der Waals surface area contributed by atoms with Crippen molar-refractivity contribution >= 4 is 5.97 Å². The topological polar surface area (TPSA) is 49.3 Å². The Morgan fingerprint density at radius 2 is 2.13 bits per heavy atom. The standard InChI is InChI=1S/C12H21NO2/c1-2-9-5-6-12(7-9,11(14)15)13-8-10-3-4-10/h9-10,13H,2-8H2,1H3,(H,14,15). The summed E-state index contributed by atoms with van der Waals surface area (Å²) in [6.07, 6.45) is 6.37. The van der Waals surface area contributed by atoms with E-state index >= 15 is 0 Å². The minimum Gasteiger partial charge on any atom is -0.480 e. The molecular formula is C12H21NO2. The molecule has 0 aromatic rings. The molecule has 0 amide bonds. The summed E-state index contributed by atoms with van der Waals surface area (Å²) in [5.41, 5.74) is -0.594. The second-order valence-electron chi connectivity index (χ2n) is 5.23. The Labute approximate surface area is 91.2 Å². The predicted octanol–water partition coefficient (Wildman–Crippen LogP) is 2.02. The average Bonchev–Trinajstić information content (AvgIpc) is 2.95. The fourth-order valence-corrected chi connectivity index (χ4v) is 2.59. The molecule has 0 aliphatic heterocycles. The molecule has 0 bridgehead atoms. The SMILES string of the molecule is CCC1CCC(NCC2CC2)(C(=O)O)C1. The van der Waals surface area contributed by atoms with Gasteiger partial charge >= 0.3 is 5.97 Å². The maximum Gasteiger partial charge on any atom is 0.323 e. The minimum atomic E-state index is -0.640. The third kappa shape index (κ3) is 2.33. The molecule has 0 heterocycles. The van der Waals surface area contributed by atoms with E-state index in [2.05, 4.69) is 12.2 Å². The molecule has 0 aromatic heterocycles. The van der Waals surface area contributed by atoms with Gasteiger partial charge in [-0.3, -0.25) is 4.79 Å². The highest BCUT2D eigenvalue weighted by Gasteiger charge is 2.45. The van der Waals surface area contributed by atoms with Crippen LogP contribution in [0.2, 0.25) is 0 Å². The molecule has 3 heteroatoms. The largest absolute Gasteiger partial charge is 0.480 e. The van der Waals surface area contributed by atoms with Crippen molar-refractivity contribution in [2.24, 2.45) is 11.8 Å². The molecule has 2 atom stereocenters. The molecule has 2 rings (SSSR count). The second-order valence-corrected chi connectivity index (χ2v) is 5.23. The van der Waals surface area contributed by atoms with Crippen molar-refractivity contribution in [2.45, 2.75) is 51.0 Å². The summed E-state index contributed by atoms with van der Waals surface area (Å²) >= 11 is 0. The molecule has 0 radical (unpaired) electrons. The van der Waals surface area contributed by atoms with Crippen LogP contribution in [0.5, 0.6) is 0 Å². The van der Waals surface area contributed by atoms with Crippen LogP contribution in [0.3, 0.4) is 0 Å². The first-order chi connectivity index (χ1) is 7.16. The molecule has 3 nitrogen and oxygen atoms in total. The van der Waals surface area contributed by atoms with Crippen LogP contribution in [0, 0.1) is 11.8 Å². The molecule has 0 saturated heterocycles. The Bertz CT molecular complexity index is 250. The van der Waals surface area contributed by atoms with E-state index in [9.17, 15) is 9.90 Å². The van der Waals surface area contributed by atoms with Crippen LogP contribution < -0.4 is 5.32 Å². The van der Waals surface area contributed by atoms with Gasteiger partial charge in [-0.05, 0) is 50.5 Å². The number of nitrogens with one attached hydrogen (secondary N) is 1. The first-order valence-corrected chi connectivity index (χ1v) is 6.14. The number of aliphatic carboxylic acids is 1. The number of carboxylic acids is 1. The Morgan fingerprint density at radius 1 is 1.40 bits per heavy atom. The zero-order valence-electron chi connectivity index (χ0n) is 9.46. The lowest BCUT2D eigenvalue weighted by Gasteiger charge is -2.26. The van der Waals surface area contributed by atoms with E-state index < -0.39 is 11.5 Å². The van der Waals surface area contributed by atoms with E-state index in [0.717, 1.165) is 38.1 Å². The number of rotatable bonds is 5. The monoisotopic (exact) mass is 211 g/mol. The van der Waals surface area contributed by atoms with Gasteiger partial charge in [0.15, 0.2) is 0 Å². The van der Waals surface area contributed by atoms with Gasteiger partial charge in [-0.25, -0.2) is 0 Å². The molecule has 2 unspecified atom stereocenters. The van der Waals surface area contributed by atoms with E-state index in [1.165, 1.54) is 12.8 Å². The quantitative estimate of drug-likeness (QED) is 0.731. The lowest BCUT2D eigenvalue weighted by Crippen LogP contribution is -2.50. The molecule has 0 spiro atoms. The number of carboxylic acid groups (broad SMARTS) is 1. The third-order valence-electron chi connectivity index (χ3n) is 4.03. The van der Waals surface area contributed by atoms with Gasteiger partial charge in [0.1, 0.15) is 5.54 Å². The van der Waals surface area contributed by atoms with Crippen molar-refractivity contribution in [1.82, 2.24) is 5.32 Å². The molecule has 2 N–H and O–H groups in total. The molecule has 2 aliphatic rings. The fourth-order valence-electron chi connectivity index (χ4n) is 2.59. The van der Waals surface area contributed by atoms with Crippen molar-refractivity contribution in [3.05, 3.63) is 0 Å². The zero-order valence-corrected chi connectivity index (χ0v) is 9.46. The molecule has 2 aliphatic carbocycles. The lowest BCUT2D eigenvalue weighted by atomic mass is 9.95. The molecule has 15 heavy (non-hydrogen) atoms. The Hall–Kier alpha value is -0.570. The summed E-state index contributed by atoms with van der Waals surface area (Å²) in [5, 5.41) is 12.7. The van der Waals surface area contributed by atoms with Crippen LogP contribution in [0.15, 0.2) is 0 Å². The van der Waals surface area contributed by atoms with E-state index in [1.807, 2.05) is 0 Å². The van der Waals surface area contributed by atoms with Crippen LogP contribution in [-0.4, -0.2) is 23.2 Å². The summed E-state index contributed by atoms with van der Waals surface area (Å²) < 4.78 is 0. The van der Waals surface area contributed by atoms with Crippen LogP contribution in [-0.2, 0) is 4.79 Å². The summed E-state index contributed by atoms with van der Waals surface area (Å²) in [5.74, 6) is 0.716. The van der Waals surface area contributed by atoms with Crippen molar-refractivity contribution < 1.29 is 9.90 Å². The highest BCUT2D eigenvalue weighted by Crippen LogP contribution is 2.38. The normalized spacial score (nSPS) is 35.7. The smallest absolute Gasteiger partial charge is 0.323 e. The Morgan fingerprint density at radius 3 is 2.60 bits per heavy atom.